The number of rotatable bonds is 1. The second kappa shape index (κ2) is 3.59. The van der Waals surface area contributed by atoms with E-state index >= 15 is 0 Å². The third-order valence-corrected chi connectivity index (χ3v) is 2.70. The number of hydrogen-bond donors (Lipinski definition) is 1. The lowest BCUT2D eigenvalue weighted by Crippen LogP contribution is -1.95. The highest BCUT2D eigenvalue weighted by molar-refractivity contribution is 5.89. The Bertz CT molecular complexity index is 670. The van der Waals surface area contributed by atoms with Crippen molar-refractivity contribution in [1.82, 2.24) is 14.5 Å². The highest BCUT2D eigenvalue weighted by Gasteiger charge is 2.08. The molecule has 3 rings (SSSR count). The van der Waals surface area contributed by atoms with E-state index in [1.165, 1.54) is 0 Å². The molecule has 2 aromatic heterocycles. The Morgan fingerprint density at radius 2 is 1.82 bits per heavy atom. The van der Waals surface area contributed by atoms with Crippen LogP contribution in [0.25, 0.3) is 22.3 Å². The van der Waals surface area contributed by atoms with Gasteiger partial charge in [-0.1, -0.05) is 30.3 Å². The standard InChI is InChI=1S/C13H12N4/c1-17-7-10-11(8-17)15-13(16-12(10)14)9-5-3-2-4-6-9/h2-8H,1H3,(H2,14,15,16). The summed E-state index contributed by atoms with van der Waals surface area (Å²) in [4.78, 5) is 8.85. The summed E-state index contributed by atoms with van der Waals surface area (Å²) in [5, 5.41) is 0.896. The van der Waals surface area contributed by atoms with Crippen molar-refractivity contribution in [2.75, 3.05) is 5.73 Å². The average Bonchev–Trinajstić information content (AvgIpc) is 2.71. The van der Waals surface area contributed by atoms with Crippen molar-refractivity contribution >= 4 is 16.7 Å². The molecule has 2 heterocycles. The van der Waals surface area contributed by atoms with E-state index in [1.54, 1.807) is 0 Å². The second-order valence-electron chi connectivity index (χ2n) is 4.02. The summed E-state index contributed by atoms with van der Waals surface area (Å²) in [6.45, 7) is 0. The minimum Gasteiger partial charge on any atom is -0.383 e. The Morgan fingerprint density at radius 3 is 2.59 bits per heavy atom. The number of aryl methyl sites for hydroxylation is 1. The van der Waals surface area contributed by atoms with Gasteiger partial charge < -0.3 is 10.3 Å². The lowest BCUT2D eigenvalue weighted by molar-refractivity contribution is 0.932. The van der Waals surface area contributed by atoms with Gasteiger partial charge in [-0.2, -0.15) is 0 Å². The molecule has 17 heavy (non-hydrogen) atoms. The van der Waals surface area contributed by atoms with Crippen molar-refractivity contribution in [1.29, 1.82) is 0 Å². The van der Waals surface area contributed by atoms with Crippen molar-refractivity contribution in [3.8, 4) is 11.4 Å². The maximum Gasteiger partial charge on any atom is 0.162 e. The fourth-order valence-corrected chi connectivity index (χ4v) is 1.89. The molecule has 0 bridgehead atoms. The largest absolute Gasteiger partial charge is 0.383 e. The van der Waals surface area contributed by atoms with Crippen LogP contribution in [0.15, 0.2) is 42.7 Å². The van der Waals surface area contributed by atoms with Crippen molar-refractivity contribution in [2.24, 2.45) is 7.05 Å². The van der Waals surface area contributed by atoms with E-state index in [4.69, 9.17) is 5.73 Å². The zero-order chi connectivity index (χ0) is 11.8. The van der Waals surface area contributed by atoms with Gasteiger partial charge in [-0.05, 0) is 0 Å². The molecule has 4 heteroatoms. The van der Waals surface area contributed by atoms with Crippen LogP contribution in [-0.4, -0.2) is 14.5 Å². The zero-order valence-electron chi connectivity index (χ0n) is 9.46. The summed E-state index contributed by atoms with van der Waals surface area (Å²) in [5.74, 6) is 1.19. The Kier molecular flexibility index (Phi) is 2.08. The van der Waals surface area contributed by atoms with Crippen LogP contribution >= 0.6 is 0 Å². The Balaban J connectivity index is 2.25. The Hall–Kier alpha value is -2.36. The highest BCUT2D eigenvalue weighted by Crippen LogP contribution is 2.23. The van der Waals surface area contributed by atoms with Gasteiger partial charge in [-0.3, -0.25) is 0 Å². The lowest BCUT2D eigenvalue weighted by Gasteiger charge is -2.01. The van der Waals surface area contributed by atoms with Gasteiger partial charge in [0, 0.05) is 25.0 Å². The van der Waals surface area contributed by atoms with Crippen molar-refractivity contribution in [2.45, 2.75) is 0 Å². The van der Waals surface area contributed by atoms with Crippen LogP contribution in [0.1, 0.15) is 0 Å². The molecule has 0 amide bonds. The minimum absolute atomic E-state index is 0.523. The average molecular weight is 224 g/mol. The molecular formula is C13H12N4. The maximum atomic E-state index is 5.94. The van der Waals surface area contributed by atoms with Crippen LogP contribution in [0.4, 0.5) is 5.82 Å². The molecule has 0 saturated heterocycles. The topological polar surface area (TPSA) is 56.7 Å². The molecule has 0 saturated carbocycles. The van der Waals surface area contributed by atoms with Gasteiger partial charge in [0.1, 0.15) is 5.82 Å². The van der Waals surface area contributed by atoms with E-state index in [0.717, 1.165) is 16.5 Å². The van der Waals surface area contributed by atoms with E-state index in [-0.39, 0.29) is 0 Å². The SMILES string of the molecule is Cn1cc2nc(-c3ccccc3)nc(N)c2c1. The number of hydrogen-bond acceptors (Lipinski definition) is 3. The zero-order valence-corrected chi connectivity index (χ0v) is 9.46. The van der Waals surface area contributed by atoms with Crippen LogP contribution in [-0.2, 0) is 7.05 Å². The summed E-state index contributed by atoms with van der Waals surface area (Å²) in [6, 6.07) is 9.84. The van der Waals surface area contributed by atoms with Gasteiger partial charge in [0.05, 0.1) is 10.9 Å². The number of benzene rings is 1. The lowest BCUT2D eigenvalue weighted by atomic mass is 10.2. The monoisotopic (exact) mass is 224 g/mol. The quantitative estimate of drug-likeness (QED) is 0.689. The summed E-state index contributed by atoms with van der Waals surface area (Å²) < 4.78 is 1.94. The van der Waals surface area contributed by atoms with Crippen LogP contribution in [0, 0.1) is 0 Å². The molecular weight excluding hydrogens is 212 g/mol. The third-order valence-electron chi connectivity index (χ3n) is 2.70. The molecule has 0 unspecified atom stereocenters. The molecule has 0 fully saturated rings. The fourth-order valence-electron chi connectivity index (χ4n) is 1.89. The number of aromatic nitrogens is 3. The first-order chi connectivity index (χ1) is 8.24. The normalized spacial score (nSPS) is 10.9. The predicted octanol–water partition coefficient (Wildman–Crippen LogP) is 2.22. The van der Waals surface area contributed by atoms with E-state index in [2.05, 4.69) is 9.97 Å². The van der Waals surface area contributed by atoms with Crippen molar-refractivity contribution in [3.05, 3.63) is 42.7 Å². The number of nitrogen functional groups attached to an aromatic ring is 1. The molecule has 3 aromatic rings. The minimum atomic E-state index is 0.523. The molecule has 4 nitrogen and oxygen atoms in total. The number of nitrogens with zero attached hydrogens (tertiary/aromatic N) is 3. The van der Waals surface area contributed by atoms with Crippen LogP contribution in [0.3, 0.4) is 0 Å². The Labute approximate surface area is 98.7 Å². The number of anilines is 1. The van der Waals surface area contributed by atoms with Gasteiger partial charge in [-0.15, -0.1) is 0 Å². The second-order valence-corrected chi connectivity index (χ2v) is 4.02. The number of nitrogens with two attached hydrogens (primary N) is 1. The molecule has 84 valence electrons. The van der Waals surface area contributed by atoms with Gasteiger partial charge in [0.25, 0.3) is 0 Å². The maximum absolute atomic E-state index is 5.94. The van der Waals surface area contributed by atoms with Crippen molar-refractivity contribution < 1.29 is 0 Å². The molecule has 2 N–H and O–H groups in total. The van der Waals surface area contributed by atoms with Gasteiger partial charge in [0.15, 0.2) is 5.82 Å². The van der Waals surface area contributed by atoms with Gasteiger partial charge in [0.2, 0.25) is 0 Å². The molecule has 0 aliphatic rings. The van der Waals surface area contributed by atoms with Crippen LogP contribution in [0.2, 0.25) is 0 Å². The van der Waals surface area contributed by atoms with Gasteiger partial charge >= 0.3 is 0 Å². The molecule has 0 atom stereocenters. The summed E-state index contributed by atoms with van der Waals surface area (Å²) in [6.07, 6.45) is 3.87. The molecule has 0 aliphatic carbocycles. The first-order valence-electron chi connectivity index (χ1n) is 5.38. The predicted molar refractivity (Wildman–Crippen MR) is 68.4 cm³/mol. The highest BCUT2D eigenvalue weighted by atomic mass is 15.0. The molecule has 1 aromatic carbocycles. The first kappa shape index (κ1) is 9.84. The van der Waals surface area contributed by atoms with Crippen LogP contribution < -0.4 is 5.73 Å². The van der Waals surface area contributed by atoms with Gasteiger partial charge in [-0.25, -0.2) is 9.97 Å². The molecule has 0 radical (unpaired) electrons. The Morgan fingerprint density at radius 1 is 1.06 bits per heavy atom. The van der Waals surface area contributed by atoms with E-state index in [1.807, 2.05) is 54.3 Å². The summed E-state index contributed by atoms with van der Waals surface area (Å²) in [5.41, 5.74) is 7.79. The summed E-state index contributed by atoms with van der Waals surface area (Å²) in [7, 11) is 1.95. The fraction of sp³-hybridized carbons (Fsp3) is 0.0769. The third kappa shape index (κ3) is 1.63. The number of fused-ring (bicyclic) bond motifs is 1. The van der Waals surface area contributed by atoms with E-state index in [9.17, 15) is 0 Å². The molecule has 0 spiro atoms. The van der Waals surface area contributed by atoms with Crippen LogP contribution in [0.5, 0.6) is 0 Å². The summed E-state index contributed by atoms with van der Waals surface area (Å²) >= 11 is 0. The van der Waals surface area contributed by atoms with Crippen molar-refractivity contribution in [3.63, 3.8) is 0 Å². The first-order valence-corrected chi connectivity index (χ1v) is 5.38. The molecule has 0 aliphatic heterocycles. The van der Waals surface area contributed by atoms with E-state index < -0.39 is 0 Å². The smallest absolute Gasteiger partial charge is 0.162 e. The van der Waals surface area contributed by atoms with E-state index in [0.29, 0.717) is 11.6 Å².